The van der Waals surface area contributed by atoms with Crippen molar-refractivity contribution in [3.05, 3.63) is 11.8 Å². The lowest BCUT2D eigenvalue weighted by Gasteiger charge is -2.30. The van der Waals surface area contributed by atoms with E-state index in [1.807, 2.05) is 0 Å². The van der Waals surface area contributed by atoms with Gasteiger partial charge in [-0.25, -0.2) is 0 Å². The first-order chi connectivity index (χ1) is 11.3. The van der Waals surface area contributed by atoms with Crippen LogP contribution >= 0.6 is 0 Å². The number of amides is 2. The molecule has 0 aromatic heterocycles. The Morgan fingerprint density at radius 1 is 1.33 bits per heavy atom. The highest BCUT2D eigenvalue weighted by Gasteiger charge is 2.33. The molecular weight excluding hydrogens is 312 g/mol. The van der Waals surface area contributed by atoms with Gasteiger partial charge in [0.15, 0.2) is 11.5 Å². The Labute approximate surface area is 141 Å². The molecule has 24 heavy (non-hydrogen) atoms. The van der Waals surface area contributed by atoms with Crippen molar-refractivity contribution in [3.8, 4) is 0 Å². The molecule has 2 aliphatic rings. The minimum absolute atomic E-state index is 0.0860. The predicted molar refractivity (Wildman–Crippen MR) is 86.9 cm³/mol. The Bertz CT molecular complexity index is 535. The minimum atomic E-state index is -1.07. The average Bonchev–Trinajstić information content (AvgIpc) is 2.51. The zero-order valence-electron chi connectivity index (χ0n) is 14.3. The van der Waals surface area contributed by atoms with Gasteiger partial charge in [-0.05, 0) is 26.7 Å². The summed E-state index contributed by atoms with van der Waals surface area (Å²) in [6.07, 6.45) is 6.45. The molecule has 0 bridgehead atoms. The van der Waals surface area contributed by atoms with Crippen molar-refractivity contribution >= 4 is 17.6 Å². The maximum Gasteiger partial charge on any atom is 0.287 e. The monoisotopic (exact) mass is 338 g/mol. The molecule has 1 saturated carbocycles. The Morgan fingerprint density at radius 3 is 2.58 bits per heavy atom. The molecule has 0 saturated heterocycles. The van der Waals surface area contributed by atoms with E-state index in [1.165, 1.54) is 6.42 Å². The van der Waals surface area contributed by atoms with E-state index in [4.69, 9.17) is 4.74 Å². The molecule has 1 heterocycles. The van der Waals surface area contributed by atoms with Crippen LogP contribution in [0.2, 0.25) is 0 Å². The lowest BCUT2D eigenvalue weighted by Crippen LogP contribution is -2.52. The van der Waals surface area contributed by atoms with E-state index in [0.717, 1.165) is 31.8 Å². The van der Waals surface area contributed by atoms with Gasteiger partial charge in [0.2, 0.25) is 5.91 Å². The third-order valence-electron chi connectivity index (χ3n) is 4.26. The molecule has 134 valence electrons. The molecule has 7 nitrogen and oxygen atoms in total. The van der Waals surface area contributed by atoms with Crippen LogP contribution in [0.1, 0.15) is 52.4 Å². The fourth-order valence-electron chi connectivity index (χ4n) is 3.06. The third-order valence-corrected chi connectivity index (χ3v) is 4.26. The highest BCUT2D eigenvalue weighted by atomic mass is 16.5. The zero-order chi connectivity index (χ0) is 17.7. The first-order valence-electron chi connectivity index (χ1n) is 8.46. The number of hydrogen-bond donors (Lipinski definition) is 3. The smallest absolute Gasteiger partial charge is 0.287 e. The normalized spacial score (nSPS) is 22.1. The fourth-order valence-corrected chi connectivity index (χ4v) is 3.06. The van der Waals surface area contributed by atoms with E-state index >= 15 is 0 Å². The lowest BCUT2D eigenvalue weighted by molar-refractivity contribution is -0.134. The molecule has 7 heteroatoms. The lowest BCUT2D eigenvalue weighted by atomic mass is 9.95. The largest absolute Gasteiger partial charge is 0.482 e. The van der Waals surface area contributed by atoms with Crippen LogP contribution in [0, 0.1) is 0 Å². The van der Waals surface area contributed by atoms with Crippen LogP contribution in [0.3, 0.4) is 0 Å². The maximum atomic E-state index is 12.2. The topological polar surface area (TPSA) is 105 Å². The zero-order valence-corrected chi connectivity index (χ0v) is 14.3. The van der Waals surface area contributed by atoms with Crippen LogP contribution in [0.5, 0.6) is 0 Å². The van der Waals surface area contributed by atoms with E-state index in [2.05, 4.69) is 10.6 Å². The standard InChI is InChI=1S/C17H26N2O5/c1-17(2)9-12(21)8-14(24-17)16(23)19-13(10-20)15(22)18-11-6-4-3-5-7-11/h8,11,13,20H,3-7,9-10H2,1-2H3,(H,18,22)(H,19,23)/t13-/m0/s1. The van der Waals surface area contributed by atoms with Crippen molar-refractivity contribution in [2.75, 3.05) is 6.61 Å². The molecule has 3 N–H and O–H groups in total. The van der Waals surface area contributed by atoms with Crippen molar-refractivity contribution in [3.63, 3.8) is 0 Å². The van der Waals surface area contributed by atoms with Gasteiger partial charge in [0.1, 0.15) is 11.6 Å². The van der Waals surface area contributed by atoms with Crippen LogP contribution in [0.15, 0.2) is 11.8 Å². The van der Waals surface area contributed by atoms with Gasteiger partial charge < -0.3 is 20.5 Å². The Morgan fingerprint density at radius 2 is 2.00 bits per heavy atom. The second-order valence-corrected chi connectivity index (χ2v) is 7.07. The summed E-state index contributed by atoms with van der Waals surface area (Å²) in [5.41, 5.74) is -0.766. The molecule has 0 aromatic rings. The molecule has 0 aromatic carbocycles. The van der Waals surface area contributed by atoms with Crippen LogP contribution in [0.25, 0.3) is 0 Å². The van der Waals surface area contributed by atoms with Gasteiger partial charge in [-0.15, -0.1) is 0 Å². The van der Waals surface area contributed by atoms with E-state index in [9.17, 15) is 19.5 Å². The van der Waals surface area contributed by atoms with Crippen LogP contribution in [-0.2, 0) is 19.1 Å². The van der Waals surface area contributed by atoms with Gasteiger partial charge in [0.05, 0.1) is 6.61 Å². The van der Waals surface area contributed by atoms with Crippen molar-refractivity contribution < 1.29 is 24.2 Å². The summed E-state index contributed by atoms with van der Waals surface area (Å²) >= 11 is 0. The molecule has 0 spiro atoms. The van der Waals surface area contributed by atoms with Gasteiger partial charge in [0.25, 0.3) is 5.91 Å². The number of ketones is 1. The Hall–Kier alpha value is -1.89. The summed E-state index contributed by atoms with van der Waals surface area (Å²) in [5.74, 6) is -1.42. The second-order valence-electron chi connectivity index (χ2n) is 7.07. The third kappa shape index (κ3) is 5.06. The van der Waals surface area contributed by atoms with Gasteiger partial charge in [0, 0.05) is 18.5 Å². The molecule has 1 aliphatic carbocycles. The average molecular weight is 338 g/mol. The number of ether oxygens (including phenoxy) is 1. The summed E-state index contributed by atoms with van der Waals surface area (Å²) in [5, 5.41) is 14.7. The van der Waals surface area contributed by atoms with Gasteiger partial charge in [-0.1, -0.05) is 19.3 Å². The minimum Gasteiger partial charge on any atom is -0.482 e. The van der Waals surface area contributed by atoms with E-state index in [0.29, 0.717) is 0 Å². The van der Waals surface area contributed by atoms with Crippen LogP contribution in [0.4, 0.5) is 0 Å². The quantitative estimate of drug-likeness (QED) is 0.679. The van der Waals surface area contributed by atoms with Crippen molar-refractivity contribution in [2.45, 2.75) is 70.1 Å². The van der Waals surface area contributed by atoms with Crippen LogP contribution in [-0.4, -0.2) is 47.0 Å². The number of carbonyl (C=O) groups excluding carboxylic acids is 3. The van der Waals surface area contributed by atoms with E-state index in [-0.39, 0.29) is 24.0 Å². The number of aliphatic hydroxyl groups is 1. The van der Waals surface area contributed by atoms with Crippen molar-refractivity contribution in [1.29, 1.82) is 0 Å². The van der Waals surface area contributed by atoms with Gasteiger partial charge >= 0.3 is 0 Å². The molecule has 2 rings (SSSR count). The summed E-state index contributed by atoms with van der Waals surface area (Å²) in [7, 11) is 0. The maximum absolute atomic E-state index is 12.2. The highest BCUT2D eigenvalue weighted by molar-refractivity contribution is 6.03. The summed E-state index contributed by atoms with van der Waals surface area (Å²) in [6, 6.07) is -0.980. The number of rotatable bonds is 5. The van der Waals surface area contributed by atoms with Crippen molar-refractivity contribution in [2.24, 2.45) is 0 Å². The van der Waals surface area contributed by atoms with Gasteiger partial charge in [-0.2, -0.15) is 0 Å². The second kappa shape index (κ2) is 7.79. The highest BCUT2D eigenvalue weighted by Crippen LogP contribution is 2.24. The van der Waals surface area contributed by atoms with E-state index < -0.39 is 30.1 Å². The number of hydrogen-bond acceptors (Lipinski definition) is 5. The molecule has 0 unspecified atom stereocenters. The van der Waals surface area contributed by atoms with E-state index in [1.54, 1.807) is 13.8 Å². The summed E-state index contributed by atoms with van der Waals surface area (Å²) < 4.78 is 5.50. The first-order valence-corrected chi connectivity index (χ1v) is 8.46. The molecular formula is C17H26N2O5. The van der Waals surface area contributed by atoms with Gasteiger partial charge in [-0.3, -0.25) is 14.4 Å². The number of carbonyl (C=O) groups is 3. The van der Waals surface area contributed by atoms with Crippen molar-refractivity contribution in [1.82, 2.24) is 10.6 Å². The molecule has 1 atom stereocenters. The molecule has 0 radical (unpaired) electrons. The number of aliphatic hydroxyl groups excluding tert-OH is 1. The predicted octanol–water partition coefficient (Wildman–Crippen LogP) is 0.564. The summed E-state index contributed by atoms with van der Waals surface area (Å²) in [4.78, 5) is 36.2. The summed E-state index contributed by atoms with van der Waals surface area (Å²) in [6.45, 7) is 2.91. The number of nitrogens with one attached hydrogen (secondary N) is 2. The Kier molecular flexibility index (Phi) is 5.99. The molecule has 2 amide bonds. The van der Waals surface area contributed by atoms with Crippen LogP contribution < -0.4 is 10.6 Å². The Balaban J connectivity index is 1.94. The molecule has 1 aliphatic heterocycles. The SMILES string of the molecule is CC1(C)CC(=O)C=C(C(=O)N[C@@H](CO)C(=O)NC2CCCCC2)O1. The first kappa shape index (κ1) is 18.4. The molecule has 1 fully saturated rings. The number of allylic oxidation sites excluding steroid dienone is 1. The fraction of sp³-hybridized carbons (Fsp3) is 0.706.